The molecule has 0 atom stereocenters. The SMILES string of the molecule is CCOC(=O)c1ccc(NC(=O)CCSc2ccc(Cl)cc2)cc1Cl. The third-order valence-corrected chi connectivity index (χ3v) is 4.74. The van der Waals surface area contributed by atoms with Crippen LogP contribution in [-0.4, -0.2) is 24.2 Å². The molecule has 2 aromatic rings. The van der Waals surface area contributed by atoms with E-state index in [4.69, 9.17) is 27.9 Å². The smallest absolute Gasteiger partial charge is 0.339 e. The fourth-order valence-electron chi connectivity index (χ4n) is 1.98. The highest BCUT2D eigenvalue weighted by atomic mass is 35.5. The average Bonchev–Trinajstić information content (AvgIpc) is 2.57. The summed E-state index contributed by atoms with van der Waals surface area (Å²) >= 11 is 13.5. The molecule has 0 aliphatic carbocycles. The first-order valence-corrected chi connectivity index (χ1v) is 9.38. The lowest BCUT2D eigenvalue weighted by atomic mass is 10.2. The minimum absolute atomic E-state index is 0.124. The number of esters is 1. The van der Waals surface area contributed by atoms with Crippen LogP contribution in [0.1, 0.15) is 23.7 Å². The molecule has 0 aliphatic rings. The van der Waals surface area contributed by atoms with Crippen molar-refractivity contribution in [3.05, 3.63) is 58.1 Å². The Morgan fingerprint density at radius 2 is 1.84 bits per heavy atom. The van der Waals surface area contributed by atoms with Gasteiger partial charge in [0.05, 0.1) is 17.2 Å². The Morgan fingerprint density at radius 1 is 1.12 bits per heavy atom. The Kier molecular flexibility index (Phi) is 7.62. The van der Waals surface area contributed by atoms with Gasteiger partial charge in [-0.05, 0) is 49.4 Å². The van der Waals surface area contributed by atoms with Gasteiger partial charge >= 0.3 is 5.97 Å². The molecule has 0 spiro atoms. The lowest BCUT2D eigenvalue weighted by Gasteiger charge is -2.08. The van der Waals surface area contributed by atoms with E-state index in [1.54, 1.807) is 30.8 Å². The van der Waals surface area contributed by atoms with Crippen LogP contribution >= 0.6 is 35.0 Å². The maximum atomic E-state index is 12.0. The molecule has 1 N–H and O–H groups in total. The molecule has 0 heterocycles. The summed E-state index contributed by atoms with van der Waals surface area (Å²) < 4.78 is 4.91. The highest BCUT2D eigenvalue weighted by Crippen LogP contribution is 2.23. The summed E-state index contributed by atoms with van der Waals surface area (Å²) in [4.78, 5) is 24.8. The number of anilines is 1. The summed E-state index contributed by atoms with van der Waals surface area (Å²) in [5.41, 5.74) is 0.819. The number of hydrogen-bond donors (Lipinski definition) is 1. The lowest BCUT2D eigenvalue weighted by molar-refractivity contribution is -0.115. The van der Waals surface area contributed by atoms with Gasteiger partial charge in [-0.2, -0.15) is 0 Å². The molecular formula is C18H17Cl2NO3S. The van der Waals surface area contributed by atoms with Crippen molar-refractivity contribution in [2.75, 3.05) is 17.7 Å². The van der Waals surface area contributed by atoms with E-state index in [2.05, 4.69) is 5.32 Å². The van der Waals surface area contributed by atoms with Gasteiger partial charge < -0.3 is 10.1 Å². The number of amides is 1. The molecule has 25 heavy (non-hydrogen) atoms. The largest absolute Gasteiger partial charge is 0.462 e. The van der Waals surface area contributed by atoms with Crippen molar-refractivity contribution in [1.29, 1.82) is 0 Å². The minimum atomic E-state index is -0.482. The van der Waals surface area contributed by atoms with Gasteiger partial charge in [0.2, 0.25) is 5.91 Å². The second-order valence-corrected chi connectivity index (χ2v) is 7.03. The second kappa shape index (κ2) is 9.70. The number of carbonyl (C=O) groups is 2. The van der Waals surface area contributed by atoms with E-state index < -0.39 is 5.97 Å². The summed E-state index contributed by atoms with van der Waals surface area (Å²) in [6, 6.07) is 12.2. The van der Waals surface area contributed by atoms with Gasteiger partial charge in [-0.25, -0.2) is 4.79 Å². The zero-order valence-corrected chi connectivity index (χ0v) is 15.9. The normalized spacial score (nSPS) is 10.4. The van der Waals surface area contributed by atoms with E-state index in [0.29, 0.717) is 22.9 Å². The van der Waals surface area contributed by atoms with Crippen LogP contribution in [0.15, 0.2) is 47.4 Å². The van der Waals surface area contributed by atoms with Crippen LogP contribution in [0.5, 0.6) is 0 Å². The summed E-state index contributed by atoms with van der Waals surface area (Å²) in [6.07, 6.45) is 0.352. The number of halogens is 2. The third kappa shape index (κ3) is 6.27. The lowest BCUT2D eigenvalue weighted by Crippen LogP contribution is -2.12. The summed E-state index contributed by atoms with van der Waals surface area (Å²) in [7, 11) is 0. The molecule has 0 saturated heterocycles. The number of rotatable bonds is 7. The molecule has 0 aromatic heterocycles. The molecule has 0 fully saturated rings. The van der Waals surface area contributed by atoms with Crippen molar-refractivity contribution in [3.63, 3.8) is 0 Å². The number of nitrogens with one attached hydrogen (secondary N) is 1. The van der Waals surface area contributed by atoms with E-state index in [1.165, 1.54) is 6.07 Å². The quantitative estimate of drug-likeness (QED) is 0.509. The molecule has 1 amide bonds. The van der Waals surface area contributed by atoms with Gasteiger partial charge in [-0.1, -0.05) is 23.2 Å². The second-order valence-electron chi connectivity index (χ2n) is 5.02. The number of thioether (sulfide) groups is 1. The van der Waals surface area contributed by atoms with E-state index in [1.807, 2.05) is 24.3 Å². The number of hydrogen-bond acceptors (Lipinski definition) is 4. The third-order valence-electron chi connectivity index (χ3n) is 3.16. The summed E-state index contributed by atoms with van der Waals surface area (Å²) in [5, 5.41) is 3.69. The molecule has 132 valence electrons. The molecular weight excluding hydrogens is 381 g/mol. The standard InChI is InChI=1S/C18H17Cl2NO3S/c1-2-24-18(23)15-8-5-13(11-16(15)20)21-17(22)9-10-25-14-6-3-12(19)4-7-14/h3-8,11H,2,9-10H2,1H3,(H,21,22). The first-order chi connectivity index (χ1) is 12.0. The molecule has 0 aliphatic heterocycles. The minimum Gasteiger partial charge on any atom is -0.462 e. The fourth-order valence-corrected chi connectivity index (χ4v) is 3.22. The predicted molar refractivity (Wildman–Crippen MR) is 103 cm³/mol. The highest BCUT2D eigenvalue weighted by Gasteiger charge is 2.12. The number of ether oxygens (including phenoxy) is 1. The van der Waals surface area contributed by atoms with Crippen molar-refractivity contribution in [3.8, 4) is 0 Å². The average molecular weight is 398 g/mol. The number of carbonyl (C=O) groups excluding carboxylic acids is 2. The maximum Gasteiger partial charge on any atom is 0.339 e. The summed E-state index contributed by atoms with van der Waals surface area (Å²) in [5.74, 6) is 0.0356. The molecule has 7 heteroatoms. The maximum absolute atomic E-state index is 12.0. The highest BCUT2D eigenvalue weighted by molar-refractivity contribution is 7.99. The molecule has 0 bridgehead atoms. The molecule has 0 radical (unpaired) electrons. The van der Waals surface area contributed by atoms with Crippen LogP contribution in [0.4, 0.5) is 5.69 Å². The van der Waals surface area contributed by atoms with Gasteiger partial charge in [-0.3, -0.25) is 4.79 Å². The predicted octanol–water partition coefficient (Wildman–Crippen LogP) is 5.29. The van der Waals surface area contributed by atoms with Crippen LogP contribution in [0, 0.1) is 0 Å². The Labute approximate surface area is 160 Å². The zero-order valence-electron chi connectivity index (χ0n) is 13.6. The van der Waals surface area contributed by atoms with Gasteiger partial charge in [0.1, 0.15) is 0 Å². The molecule has 2 aromatic carbocycles. The number of benzene rings is 2. The van der Waals surface area contributed by atoms with E-state index in [0.717, 1.165) is 4.90 Å². The topological polar surface area (TPSA) is 55.4 Å². The molecule has 0 unspecified atom stereocenters. The summed E-state index contributed by atoms with van der Waals surface area (Å²) in [6.45, 7) is 2.00. The van der Waals surface area contributed by atoms with Gasteiger partial charge in [0.15, 0.2) is 0 Å². The van der Waals surface area contributed by atoms with Crippen LogP contribution < -0.4 is 5.32 Å². The van der Waals surface area contributed by atoms with Crippen molar-refractivity contribution in [1.82, 2.24) is 0 Å². The van der Waals surface area contributed by atoms with E-state index in [-0.39, 0.29) is 23.1 Å². The van der Waals surface area contributed by atoms with Crippen LogP contribution in [-0.2, 0) is 9.53 Å². The van der Waals surface area contributed by atoms with Gasteiger partial charge in [0, 0.05) is 27.8 Å². The first kappa shape index (κ1) is 19.6. The Balaban J connectivity index is 1.84. The van der Waals surface area contributed by atoms with Crippen LogP contribution in [0.3, 0.4) is 0 Å². The molecule has 2 rings (SSSR count). The zero-order chi connectivity index (χ0) is 18.2. The monoisotopic (exact) mass is 397 g/mol. The Hall–Kier alpha value is -1.69. The van der Waals surface area contributed by atoms with Crippen LogP contribution in [0.2, 0.25) is 10.0 Å². The van der Waals surface area contributed by atoms with Gasteiger partial charge in [-0.15, -0.1) is 11.8 Å². The Bertz CT molecular complexity index is 750. The van der Waals surface area contributed by atoms with Crippen molar-refractivity contribution >= 4 is 52.5 Å². The first-order valence-electron chi connectivity index (χ1n) is 7.64. The van der Waals surface area contributed by atoms with E-state index in [9.17, 15) is 9.59 Å². The molecule has 4 nitrogen and oxygen atoms in total. The van der Waals surface area contributed by atoms with Gasteiger partial charge in [0.25, 0.3) is 0 Å². The van der Waals surface area contributed by atoms with Crippen molar-refractivity contribution in [2.45, 2.75) is 18.2 Å². The van der Waals surface area contributed by atoms with Crippen LogP contribution in [0.25, 0.3) is 0 Å². The van der Waals surface area contributed by atoms with Crippen molar-refractivity contribution in [2.24, 2.45) is 0 Å². The van der Waals surface area contributed by atoms with Crippen molar-refractivity contribution < 1.29 is 14.3 Å². The van der Waals surface area contributed by atoms with E-state index >= 15 is 0 Å². The Morgan fingerprint density at radius 3 is 2.48 bits per heavy atom. The molecule has 0 saturated carbocycles. The fraction of sp³-hybridized carbons (Fsp3) is 0.222.